The van der Waals surface area contributed by atoms with Crippen LogP contribution in [-0.4, -0.2) is 11.8 Å². The van der Waals surface area contributed by atoms with Gasteiger partial charge in [-0.25, -0.2) is 0 Å². The molecule has 1 fully saturated rings. The van der Waals surface area contributed by atoms with Gasteiger partial charge in [0.2, 0.25) is 5.91 Å². The van der Waals surface area contributed by atoms with Gasteiger partial charge in [-0.2, -0.15) is 0 Å². The van der Waals surface area contributed by atoms with Crippen molar-refractivity contribution in [3.63, 3.8) is 0 Å². The molecular formula is C18H17BrN2O2. The van der Waals surface area contributed by atoms with Crippen LogP contribution in [0, 0.1) is 12.8 Å². The van der Waals surface area contributed by atoms with Crippen LogP contribution in [0.4, 0.5) is 11.4 Å². The minimum Gasteiger partial charge on any atom is -0.326 e. The molecule has 0 aromatic heterocycles. The lowest BCUT2D eigenvalue weighted by Crippen LogP contribution is -2.14. The number of anilines is 2. The lowest BCUT2D eigenvalue weighted by molar-refractivity contribution is -0.117. The summed E-state index contributed by atoms with van der Waals surface area (Å²) in [6.45, 7) is 1.94. The van der Waals surface area contributed by atoms with Gasteiger partial charge in [-0.15, -0.1) is 0 Å². The van der Waals surface area contributed by atoms with E-state index in [1.165, 1.54) is 0 Å². The van der Waals surface area contributed by atoms with E-state index in [1.807, 2.05) is 25.1 Å². The third-order valence-electron chi connectivity index (χ3n) is 3.81. The zero-order valence-electron chi connectivity index (χ0n) is 12.7. The Bertz CT molecular complexity index is 752. The molecule has 1 aliphatic rings. The van der Waals surface area contributed by atoms with Crippen LogP contribution in [0.5, 0.6) is 0 Å². The molecule has 2 aromatic rings. The first-order valence-electron chi connectivity index (χ1n) is 7.51. The van der Waals surface area contributed by atoms with Crippen molar-refractivity contribution in [1.29, 1.82) is 0 Å². The number of halogens is 1. The van der Waals surface area contributed by atoms with Crippen LogP contribution < -0.4 is 10.6 Å². The van der Waals surface area contributed by atoms with E-state index in [4.69, 9.17) is 0 Å². The van der Waals surface area contributed by atoms with Crippen LogP contribution in [0.2, 0.25) is 0 Å². The van der Waals surface area contributed by atoms with Crippen LogP contribution in [0.1, 0.15) is 28.8 Å². The molecule has 0 atom stereocenters. The quantitative estimate of drug-likeness (QED) is 0.837. The zero-order valence-corrected chi connectivity index (χ0v) is 14.3. The normalized spacial score (nSPS) is 13.5. The van der Waals surface area contributed by atoms with Crippen molar-refractivity contribution in [3.8, 4) is 0 Å². The Balaban J connectivity index is 1.67. The van der Waals surface area contributed by atoms with Crippen LogP contribution in [-0.2, 0) is 4.79 Å². The molecule has 0 spiro atoms. The number of amides is 2. The number of nitrogens with one attached hydrogen (secondary N) is 2. The molecule has 1 aliphatic carbocycles. The van der Waals surface area contributed by atoms with Gasteiger partial charge >= 0.3 is 0 Å². The molecule has 2 aromatic carbocycles. The molecule has 2 amide bonds. The highest BCUT2D eigenvalue weighted by molar-refractivity contribution is 9.10. The molecule has 0 heterocycles. The molecule has 4 nitrogen and oxygen atoms in total. The van der Waals surface area contributed by atoms with Gasteiger partial charge in [0.1, 0.15) is 0 Å². The molecule has 0 unspecified atom stereocenters. The highest BCUT2D eigenvalue weighted by Gasteiger charge is 2.29. The topological polar surface area (TPSA) is 58.2 Å². The van der Waals surface area contributed by atoms with Crippen LogP contribution >= 0.6 is 15.9 Å². The fraction of sp³-hybridized carbons (Fsp3) is 0.222. The highest BCUT2D eigenvalue weighted by Crippen LogP contribution is 2.30. The number of rotatable bonds is 4. The summed E-state index contributed by atoms with van der Waals surface area (Å²) < 4.78 is 0.913. The van der Waals surface area contributed by atoms with E-state index in [-0.39, 0.29) is 17.7 Å². The molecule has 23 heavy (non-hydrogen) atoms. The first-order valence-corrected chi connectivity index (χ1v) is 8.30. The standard InChI is InChI=1S/C18H17BrN2O2/c1-11-2-7-14(19)10-16(11)21-18(23)13-5-8-15(9-6-13)20-17(22)12-3-4-12/h2,5-10,12H,3-4H2,1H3,(H,20,22)(H,21,23). The summed E-state index contributed by atoms with van der Waals surface area (Å²) in [5, 5.41) is 5.76. The lowest BCUT2D eigenvalue weighted by Gasteiger charge is -2.10. The van der Waals surface area contributed by atoms with E-state index >= 15 is 0 Å². The van der Waals surface area contributed by atoms with Gasteiger partial charge in [0.15, 0.2) is 0 Å². The fourth-order valence-corrected chi connectivity index (χ4v) is 2.58. The van der Waals surface area contributed by atoms with Gasteiger partial charge in [-0.3, -0.25) is 9.59 Å². The van der Waals surface area contributed by atoms with E-state index in [1.54, 1.807) is 24.3 Å². The van der Waals surface area contributed by atoms with Crippen LogP contribution in [0.15, 0.2) is 46.9 Å². The third kappa shape index (κ3) is 3.99. The van der Waals surface area contributed by atoms with E-state index in [0.29, 0.717) is 5.56 Å². The van der Waals surface area contributed by atoms with Crippen molar-refractivity contribution in [2.75, 3.05) is 10.6 Å². The summed E-state index contributed by atoms with van der Waals surface area (Å²) in [5.41, 5.74) is 3.04. The number of hydrogen-bond donors (Lipinski definition) is 2. The summed E-state index contributed by atoms with van der Waals surface area (Å²) in [5.74, 6) is 0.0516. The van der Waals surface area contributed by atoms with E-state index in [2.05, 4.69) is 26.6 Å². The predicted octanol–water partition coefficient (Wildman–Crippen LogP) is 4.36. The Morgan fingerprint density at radius 2 is 1.74 bits per heavy atom. The SMILES string of the molecule is Cc1ccc(Br)cc1NC(=O)c1ccc(NC(=O)C2CC2)cc1. The Kier molecular flexibility index (Phi) is 4.48. The van der Waals surface area contributed by atoms with Crippen molar-refractivity contribution in [2.45, 2.75) is 19.8 Å². The average Bonchev–Trinajstić information content (AvgIpc) is 3.36. The van der Waals surface area contributed by atoms with Gasteiger partial charge in [-0.1, -0.05) is 22.0 Å². The summed E-state index contributed by atoms with van der Waals surface area (Å²) in [7, 11) is 0. The first-order chi connectivity index (χ1) is 11.0. The van der Waals surface area contributed by atoms with Gasteiger partial charge in [0, 0.05) is 27.3 Å². The maximum Gasteiger partial charge on any atom is 0.255 e. The molecule has 0 saturated heterocycles. The Labute approximate surface area is 143 Å². The summed E-state index contributed by atoms with van der Waals surface area (Å²) in [4.78, 5) is 24.0. The molecule has 2 N–H and O–H groups in total. The van der Waals surface area contributed by atoms with Crippen molar-refractivity contribution >= 4 is 39.1 Å². The molecule has 3 rings (SSSR count). The Morgan fingerprint density at radius 3 is 2.39 bits per heavy atom. The second-order valence-electron chi connectivity index (χ2n) is 5.75. The van der Waals surface area contributed by atoms with Gasteiger partial charge in [0.25, 0.3) is 5.91 Å². The van der Waals surface area contributed by atoms with Crippen molar-refractivity contribution < 1.29 is 9.59 Å². The highest BCUT2D eigenvalue weighted by atomic mass is 79.9. The molecular weight excluding hydrogens is 356 g/mol. The average molecular weight is 373 g/mol. The maximum absolute atomic E-state index is 12.3. The van der Waals surface area contributed by atoms with Crippen molar-refractivity contribution in [2.24, 2.45) is 5.92 Å². The number of carbonyl (C=O) groups excluding carboxylic acids is 2. The number of benzene rings is 2. The molecule has 0 bridgehead atoms. The van der Waals surface area contributed by atoms with Crippen LogP contribution in [0.3, 0.4) is 0 Å². The first kappa shape index (κ1) is 15.7. The monoisotopic (exact) mass is 372 g/mol. The Hall–Kier alpha value is -2.14. The molecule has 5 heteroatoms. The van der Waals surface area contributed by atoms with E-state index in [9.17, 15) is 9.59 Å². The zero-order chi connectivity index (χ0) is 16.4. The van der Waals surface area contributed by atoms with Gasteiger partial charge in [-0.05, 0) is 61.7 Å². The van der Waals surface area contributed by atoms with E-state index in [0.717, 1.165) is 34.3 Å². The van der Waals surface area contributed by atoms with Gasteiger partial charge in [0.05, 0.1) is 0 Å². The van der Waals surface area contributed by atoms with Crippen molar-refractivity contribution in [1.82, 2.24) is 0 Å². The van der Waals surface area contributed by atoms with Crippen LogP contribution in [0.25, 0.3) is 0 Å². The van der Waals surface area contributed by atoms with Crippen molar-refractivity contribution in [3.05, 3.63) is 58.1 Å². The van der Waals surface area contributed by atoms with Gasteiger partial charge < -0.3 is 10.6 Å². The second-order valence-corrected chi connectivity index (χ2v) is 6.67. The second kappa shape index (κ2) is 6.54. The maximum atomic E-state index is 12.3. The number of aryl methyl sites for hydroxylation is 1. The fourth-order valence-electron chi connectivity index (χ4n) is 2.22. The predicted molar refractivity (Wildman–Crippen MR) is 94.6 cm³/mol. The summed E-state index contributed by atoms with van der Waals surface area (Å²) >= 11 is 3.40. The van der Waals surface area contributed by atoms with E-state index < -0.39 is 0 Å². The Morgan fingerprint density at radius 1 is 1.04 bits per heavy atom. The molecule has 1 saturated carbocycles. The third-order valence-corrected chi connectivity index (χ3v) is 4.30. The summed E-state index contributed by atoms with van der Waals surface area (Å²) in [6, 6.07) is 12.7. The molecule has 0 radical (unpaired) electrons. The minimum absolute atomic E-state index is 0.0620. The molecule has 118 valence electrons. The number of carbonyl (C=O) groups is 2. The smallest absolute Gasteiger partial charge is 0.255 e. The molecule has 0 aliphatic heterocycles. The largest absolute Gasteiger partial charge is 0.326 e. The summed E-state index contributed by atoms with van der Waals surface area (Å²) in [6.07, 6.45) is 1.94. The minimum atomic E-state index is -0.175. The number of hydrogen-bond acceptors (Lipinski definition) is 2. The lowest BCUT2D eigenvalue weighted by atomic mass is 10.1.